The zero-order valence-electron chi connectivity index (χ0n) is 12.7. The summed E-state index contributed by atoms with van der Waals surface area (Å²) in [6.45, 7) is 3.40. The number of aryl methyl sites for hydroxylation is 2. The van der Waals surface area contributed by atoms with Crippen LogP contribution in [0.25, 0.3) is 10.2 Å². The predicted octanol–water partition coefficient (Wildman–Crippen LogP) is 3.66. The van der Waals surface area contributed by atoms with E-state index in [2.05, 4.69) is 15.3 Å². The zero-order valence-corrected chi connectivity index (χ0v) is 13.5. The van der Waals surface area contributed by atoms with Gasteiger partial charge >= 0.3 is 5.97 Å². The molecule has 0 atom stereocenters. The van der Waals surface area contributed by atoms with Crippen molar-refractivity contribution in [2.75, 3.05) is 5.32 Å². The fourth-order valence-corrected chi connectivity index (χ4v) is 3.44. The highest BCUT2D eigenvalue weighted by Crippen LogP contribution is 2.35. The summed E-state index contributed by atoms with van der Waals surface area (Å²) in [5.74, 6) is -0.109. The Bertz CT molecular complexity index is 983. The molecule has 0 radical (unpaired) electrons. The maximum atomic E-state index is 11.3. The van der Waals surface area contributed by atoms with E-state index in [4.69, 9.17) is 0 Å². The third-order valence-corrected chi connectivity index (χ3v) is 4.59. The summed E-state index contributed by atoms with van der Waals surface area (Å²) in [5, 5.41) is 23.8. The molecule has 8 nitrogen and oxygen atoms in total. The van der Waals surface area contributed by atoms with Gasteiger partial charge in [-0.15, -0.1) is 11.3 Å². The molecule has 2 aromatic heterocycles. The molecule has 24 heavy (non-hydrogen) atoms. The molecule has 122 valence electrons. The predicted molar refractivity (Wildman–Crippen MR) is 90.2 cm³/mol. The van der Waals surface area contributed by atoms with Crippen molar-refractivity contribution in [2.24, 2.45) is 0 Å². The number of nitro groups is 1. The number of carboxylic acid groups (broad SMARTS) is 1. The number of anilines is 2. The lowest BCUT2D eigenvalue weighted by Gasteiger charge is -2.08. The van der Waals surface area contributed by atoms with Crippen LogP contribution in [0.3, 0.4) is 0 Å². The molecule has 0 fully saturated rings. The Morgan fingerprint density at radius 1 is 1.33 bits per heavy atom. The Kier molecular flexibility index (Phi) is 3.86. The Labute approximate surface area is 140 Å². The number of hydrogen-bond donors (Lipinski definition) is 2. The maximum Gasteiger partial charge on any atom is 0.346 e. The van der Waals surface area contributed by atoms with E-state index in [0.29, 0.717) is 33.1 Å². The molecule has 1 aromatic carbocycles. The van der Waals surface area contributed by atoms with E-state index >= 15 is 0 Å². The number of thiophene rings is 1. The monoisotopic (exact) mass is 344 g/mol. The lowest BCUT2D eigenvalue weighted by molar-refractivity contribution is -0.384. The summed E-state index contributed by atoms with van der Waals surface area (Å²) >= 11 is 1.08. The second kappa shape index (κ2) is 5.85. The summed E-state index contributed by atoms with van der Waals surface area (Å²) in [6.07, 6.45) is 0. The van der Waals surface area contributed by atoms with Crippen LogP contribution in [0, 0.1) is 24.0 Å². The minimum Gasteiger partial charge on any atom is -0.477 e. The number of nitrogens with zero attached hydrogens (tertiary/aromatic N) is 3. The number of nitro benzene ring substituents is 1. The first-order valence-corrected chi connectivity index (χ1v) is 7.71. The zero-order chi connectivity index (χ0) is 17.4. The van der Waals surface area contributed by atoms with Gasteiger partial charge in [0.25, 0.3) is 5.69 Å². The minimum atomic E-state index is -1.02. The summed E-state index contributed by atoms with van der Waals surface area (Å²) in [5.41, 5.74) is 1.01. The van der Waals surface area contributed by atoms with Crippen molar-refractivity contribution in [2.45, 2.75) is 13.8 Å². The van der Waals surface area contributed by atoms with Gasteiger partial charge < -0.3 is 10.4 Å². The van der Waals surface area contributed by atoms with Gasteiger partial charge in [-0.1, -0.05) is 6.07 Å². The standard InChI is InChI=1S/C15H12N4O4S/c1-7-11-13(18-9-4-3-5-10(6-9)19(22)23)16-8(2)17-14(11)24-12(7)15(20)21/h3-6H,1-2H3,(H,20,21)(H,16,17,18). The van der Waals surface area contributed by atoms with Crippen molar-refractivity contribution in [3.63, 3.8) is 0 Å². The van der Waals surface area contributed by atoms with Crippen LogP contribution in [0.15, 0.2) is 24.3 Å². The van der Waals surface area contributed by atoms with Crippen LogP contribution in [-0.4, -0.2) is 26.0 Å². The van der Waals surface area contributed by atoms with E-state index in [1.54, 1.807) is 26.0 Å². The fraction of sp³-hybridized carbons (Fsp3) is 0.133. The van der Waals surface area contributed by atoms with Gasteiger partial charge in [0.05, 0.1) is 10.3 Å². The van der Waals surface area contributed by atoms with Crippen LogP contribution >= 0.6 is 11.3 Å². The first-order chi connectivity index (χ1) is 11.4. The Balaban J connectivity index is 2.14. The van der Waals surface area contributed by atoms with Gasteiger partial charge in [-0.2, -0.15) is 0 Å². The van der Waals surface area contributed by atoms with Crippen molar-refractivity contribution in [3.05, 3.63) is 50.6 Å². The van der Waals surface area contributed by atoms with Crippen molar-refractivity contribution in [1.29, 1.82) is 0 Å². The Morgan fingerprint density at radius 2 is 2.08 bits per heavy atom. The number of carbonyl (C=O) groups is 1. The molecule has 0 amide bonds. The number of fused-ring (bicyclic) bond motifs is 1. The highest BCUT2D eigenvalue weighted by atomic mass is 32.1. The van der Waals surface area contributed by atoms with Crippen molar-refractivity contribution >= 4 is 44.7 Å². The summed E-state index contributed by atoms with van der Waals surface area (Å²) in [6, 6.07) is 6.03. The molecular formula is C15H12N4O4S. The van der Waals surface area contributed by atoms with Crippen LogP contribution in [0.5, 0.6) is 0 Å². The molecule has 3 rings (SSSR count). The van der Waals surface area contributed by atoms with Gasteiger partial charge in [0, 0.05) is 17.8 Å². The van der Waals surface area contributed by atoms with Crippen molar-refractivity contribution in [3.8, 4) is 0 Å². The Morgan fingerprint density at radius 3 is 2.75 bits per heavy atom. The van der Waals surface area contributed by atoms with E-state index in [1.165, 1.54) is 12.1 Å². The number of aromatic nitrogens is 2. The maximum absolute atomic E-state index is 11.3. The van der Waals surface area contributed by atoms with Gasteiger partial charge in [-0.3, -0.25) is 10.1 Å². The lowest BCUT2D eigenvalue weighted by Crippen LogP contribution is -1.99. The number of hydrogen-bond acceptors (Lipinski definition) is 7. The van der Waals surface area contributed by atoms with Crippen LogP contribution in [0.4, 0.5) is 17.2 Å². The second-order valence-corrected chi connectivity index (χ2v) is 6.09. The quantitative estimate of drug-likeness (QED) is 0.547. The van der Waals surface area contributed by atoms with Crippen molar-refractivity contribution < 1.29 is 14.8 Å². The number of aromatic carboxylic acids is 1. The molecule has 2 heterocycles. The topological polar surface area (TPSA) is 118 Å². The largest absolute Gasteiger partial charge is 0.477 e. The highest BCUT2D eigenvalue weighted by Gasteiger charge is 2.19. The van der Waals surface area contributed by atoms with E-state index in [-0.39, 0.29) is 10.6 Å². The highest BCUT2D eigenvalue weighted by molar-refractivity contribution is 7.20. The number of rotatable bonds is 4. The first-order valence-electron chi connectivity index (χ1n) is 6.89. The smallest absolute Gasteiger partial charge is 0.346 e. The van der Waals surface area contributed by atoms with Gasteiger partial charge in [-0.05, 0) is 25.5 Å². The van der Waals surface area contributed by atoms with E-state index in [9.17, 15) is 20.0 Å². The molecule has 0 aliphatic rings. The third-order valence-electron chi connectivity index (χ3n) is 3.42. The van der Waals surface area contributed by atoms with Gasteiger partial charge in [0.1, 0.15) is 21.3 Å². The number of carboxylic acids is 1. The van der Waals surface area contributed by atoms with E-state index in [1.807, 2.05) is 0 Å². The average molecular weight is 344 g/mol. The van der Waals surface area contributed by atoms with Crippen LogP contribution in [0.1, 0.15) is 21.1 Å². The second-order valence-electron chi connectivity index (χ2n) is 5.09. The molecular weight excluding hydrogens is 332 g/mol. The molecule has 0 aliphatic carbocycles. The molecule has 0 aliphatic heterocycles. The van der Waals surface area contributed by atoms with E-state index < -0.39 is 10.9 Å². The normalized spacial score (nSPS) is 10.8. The molecule has 3 aromatic rings. The molecule has 0 saturated carbocycles. The van der Waals surface area contributed by atoms with Gasteiger partial charge in [0.15, 0.2) is 0 Å². The Hall–Kier alpha value is -3.07. The van der Waals surface area contributed by atoms with Crippen LogP contribution < -0.4 is 5.32 Å². The third kappa shape index (κ3) is 2.76. The van der Waals surface area contributed by atoms with Crippen molar-refractivity contribution in [1.82, 2.24) is 9.97 Å². The number of benzene rings is 1. The van der Waals surface area contributed by atoms with Gasteiger partial charge in [-0.25, -0.2) is 14.8 Å². The molecule has 0 spiro atoms. The van der Waals surface area contributed by atoms with Crippen LogP contribution in [-0.2, 0) is 0 Å². The summed E-state index contributed by atoms with van der Waals surface area (Å²) < 4.78 is 0. The lowest BCUT2D eigenvalue weighted by atomic mass is 10.2. The molecule has 0 unspecified atom stereocenters. The molecule has 0 saturated heterocycles. The molecule has 0 bridgehead atoms. The first kappa shape index (κ1) is 15.8. The number of non-ortho nitro benzene ring substituents is 1. The summed E-state index contributed by atoms with van der Waals surface area (Å²) in [4.78, 5) is 31.1. The minimum absolute atomic E-state index is 0.0460. The molecule has 9 heteroatoms. The van der Waals surface area contributed by atoms with Crippen LogP contribution in [0.2, 0.25) is 0 Å². The fourth-order valence-electron chi connectivity index (χ4n) is 2.37. The average Bonchev–Trinajstić information content (AvgIpc) is 2.84. The van der Waals surface area contributed by atoms with E-state index in [0.717, 1.165) is 11.3 Å². The summed E-state index contributed by atoms with van der Waals surface area (Å²) in [7, 11) is 0. The SMILES string of the molecule is Cc1nc(Nc2cccc([N+](=O)[O-])c2)c2c(C)c(C(=O)O)sc2n1. The molecule has 2 N–H and O–H groups in total. The van der Waals surface area contributed by atoms with Gasteiger partial charge in [0.2, 0.25) is 0 Å². The number of nitrogens with one attached hydrogen (secondary N) is 1.